The number of aryl methyl sites for hydroxylation is 1. The van der Waals surface area contributed by atoms with Gasteiger partial charge in [0.1, 0.15) is 11.5 Å². The minimum absolute atomic E-state index is 0.238. The molecule has 0 unspecified atom stereocenters. The molecule has 3 aromatic carbocycles. The Bertz CT molecular complexity index is 1200. The molecule has 0 aliphatic carbocycles. The molecule has 5 heteroatoms. The first-order valence-corrected chi connectivity index (χ1v) is 10.3. The zero-order chi connectivity index (χ0) is 21.8. The summed E-state index contributed by atoms with van der Waals surface area (Å²) in [6.07, 6.45) is 0.662. The molecule has 0 aliphatic rings. The Kier molecular flexibility index (Phi) is 6.03. The van der Waals surface area contributed by atoms with E-state index in [2.05, 4.69) is 4.98 Å². The maximum atomic E-state index is 11.8. The molecule has 158 valence electrons. The lowest BCUT2D eigenvalue weighted by atomic mass is 9.98. The first kappa shape index (κ1) is 20.7. The van der Waals surface area contributed by atoms with E-state index < -0.39 is 0 Å². The number of hydrogen-bond acceptors (Lipinski definition) is 5. The molecule has 0 spiro atoms. The minimum atomic E-state index is -0.295. The second-order valence-corrected chi connectivity index (χ2v) is 7.50. The molecule has 4 rings (SSSR count). The van der Waals surface area contributed by atoms with Crippen molar-refractivity contribution in [2.45, 2.75) is 26.2 Å². The minimum Gasteiger partial charge on any atom is -0.493 e. The Morgan fingerprint density at radius 1 is 1.03 bits per heavy atom. The summed E-state index contributed by atoms with van der Waals surface area (Å²) in [6.45, 7) is 4.28. The molecule has 0 amide bonds. The quantitative estimate of drug-likeness (QED) is 0.362. The van der Waals surface area contributed by atoms with Crippen molar-refractivity contribution in [1.29, 1.82) is 0 Å². The van der Waals surface area contributed by atoms with Crippen LogP contribution in [0.5, 0.6) is 5.75 Å². The molecule has 0 bridgehead atoms. The van der Waals surface area contributed by atoms with Crippen LogP contribution in [0.15, 0.2) is 71.1 Å². The number of fused-ring (bicyclic) bond motifs is 1. The highest BCUT2D eigenvalue weighted by atomic mass is 16.5. The largest absolute Gasteiger partial charge is 0.493 e. The van der Waals surface area contributed by atoms with E-state index in [1.807, 2.05) is 80.6 Å². The van der Waals surface area contributed by atoms with Crippen LogP contribution in [-0.2, 0) is 16.0 Å². The molecule has 1 heterocycles. The predicted octanol–water partition coefficient (Wildman–Crippen LogP) is 5.70. The first-order chi connectivity index (χ1) is 15.0. The number of carbonyl (C=O) groups excluding carboxylic acids is 1. The van der Waals surface area contributed by atoms with Crippen LogP contribution in [0.4, 0.5) is 0 Å². The monoisotopic (exact) mass is 415 g/mol. The van der Waals surface area contributed by atoms with Gasteiger partial charge in [0, 0.05) is 12.0 Å². The van der Waals surface area contributed by atoms with Crippen LogP contribution >= 0.6 is 0 Å². The zero-order valence-corrected chi connectivity index (χ0v) is 17.9. The summed E-state index contributed by atoms with van der Waals surface area (Å²) in [7, 11) is 1.41. The molecular weight excluding hydrogens is 390 g/mol. The normalized spacial score (nSPS) is 12.0. The second-order valence-electron chi connectivity index (χ2n) is 7.50. The lowest BCUT2D eigenvalue weighted by Gasteiger charge is -2.11. The second kappa shape index (κ2) is 9.04. The van der Waals surface area contributed by atoms with E-state index in [0.29, 0.717) is 18.9 Å². The van der Waals surface area contributed by atoms with Crippen molar-refractivity contribution in [2.24, 2.45) is 0 Å². The average molecular weight is 415 g/mol. The van der Waals surface area contributed by atoms with Gasteiger partial charge in [-0.1, -0.05) is 42.5 Å². The Morgan fingerprint density at radius 2 is 1.77 bits per heavy atom. The van der Waals surface area contributed by atoms with Crippen LogP contribution in [0, 0.1) is 6.92 Å². The number of esters is 1. The van der Waals surface area contributed by atoms with Crippen molar-refractivity contribution >= 4 is 16.7 Å². The van der Waals surface area contributed by atoms with Crippen LogP contribution in [-0.4, -0.2) is 24.7 Å². The number of methoxy groups -OCH3 is 1. The van der Waals surface area contributed by atoms with Gasteiger partial charge in [0.05, 0.1) is 25.3 Å². The van der Waals surface area contributed by atoms with E-state index in [4.69, 9.17) is 13.9 Å². The molecule has 0 aliphatic heterocycles. The van der Waals surface area contributed by atoms with Gasteiger partial charge in [0.25, 0.3) is 0 Å². The van der Waals surface area contributed by atoms with Gasteiger partial charge < -0.3 is 13.9 Å². The first-order valence-electron chi connectivity index (χ1n) is 10.3. The number of aromatic nitrogens is 1. The molecule has 31 heavy (non-hydrogen) atoms. The summed E-state index contributed by atoms with van der Waals surface area (Å²) in [5.74, 6) is 1.71. The third kappa shape index (κ3) is 4.61. The maximum absolute atomic E-state index is 11.8. The Labute approximate surface area is 181 Å². The van der Waals surface area contributed by atoms with Gasteiger partial charge >= 0.3 is 5.97 Å². The van der Waals surface area contributed by atoms with Gasteiger partial charge in [-0.3, -0.25) is 4.79 Å². The SMILES string of the molecule is COC(=O)[C@@H](C)c1ccc2cc(OCCc3nc(-c4ccccc4)oc3C)ccc2c1. The summed E-state index contributed by atoms with van der Waals surface area (Å²) in [4.78, 5) is 16.4. The van der Waals surface area contributed by atoms with E-state index in [1.165, 1.54) is 7.11 Å². The zero-order valence-electron chi connectivity index (χ0n) is 17.9. The summed E-state index contributed by atoms with van der Waals surface area (Å²) < 4.78 is 16.6. The van der Waals surface area contributed by atoms with Crippen molar-refractivity contribution in [3.05, 3.63) is 83.7 Å². The Morgan fingerprint density at radius 3 is 2.55 bits per heavy atom. The van der Waals surface area contributed by atoms with E-state index in [-0.39, 0.29) is 11.9 Å². The van der Waals surface area contributed by atoms with Gasteiger partial charge in [0.15, 0.2) is 0 Å². The van der Waals surface area contributed by atoms with E-state index in [1.54, 1.807) is 0 Å². The molecular formula is C26H25NO4. The summed E-state index contributed by atoms with van der Waals surface area (Å²) in [5, 5.41) is 2.11. The number of benzene rings is 3. The summed E-state index contributed by atoms with van der Waals surface area (Å²) in [6, 6.07) is 21.8. The smallest absolute Gasteiger partial charge is 0.312 e. The van der Waals surface area contributed by atoms with Crippen LogP contribution in [0.25, 0.3) is 22.2 Å². The third-order valence-electron chi connectivity index (χ3n) is 5.41. The highest BCUT2D eigenvalue weighted by Crippen LogP contribution is 2.26. The van der Waals surface area contributed by atoms with Crippen LogP contribution in [0.3, 0.4) is 0 Å². The number of rotatable bonds is 7. The Hall–Kier alpha value is -3.60. The number of carbonyl (C=O) groups is 1. The van der Waals surface area contributed by atoms with Crippen molar-refractivity contribution in [1.82, 2.24) is 4.98 Å². The van der Waals surface area contributed by atoms with Crippen molar-refractivity contribution < 1.29 is 18.7 Å². The van der Waals surface area contributed by atoms with Gasteiger partial charge in [-0.15, -0.1) is 0 Å². The molecule has 0 N–H and O–H groups in total. The standard InChI is InChI=1S/C26H25NO4/c1-17(26(28)29-3)20-9-10-22-16-23(12-11-21(22)15-20)30-14-13-24-18(2)31-25(27-24)19-7-5-4-6-8-19/h4-12,15-17H,13-14H2,1-3H3/t17-/m0/s1. The molecule has 0 saturated carbocycles. The lowest BCUT2D eigenvalue weighted by molar-refractivity contribution is -0.141. The molecule has 4 aromatic rings. The maximum Gasteiger partial charge on any atom is 0.312 e. The van der Waals surface area contributed by atoms with Gasteiger partial charge in [-0.05, 0) is 54.4 Å². The molecule has 0 radical (unpaired) electrons. The van der Waals surface area contributed by atoms with Crippen molar-refractivity contribution in [3.63, 3.8) is 0 Å². The van der Waals surface area contributed by atoms with Crippen LogP contribution < -0.4 is 4.74 Å². The molecule has 1 aromatic heterocycles. The van der Waals surface area contributed by atoms with Crippen LogP contribution in [0.1, 0.15) is 29.9 Å². The number of ether oxygens (including phenoxy) is 2. The fraction of sp³-hybridized carbons (Fsp3) is 0.231. The van der Waals surface area contributed by atoms with E-state index in [0.717, 1.165) is 39.1 Å². The third-order valence-corrected chi connectivity index (χ3v) is 5.41. The van der Waals surface area contributed by atoms with Crippen molar-refractivity contribution in [3.8, 4) is 17.2 Å². The Balaban J connectivity index is 1.41. The van der Waals surface area contributed by atoms with Gasteiger partial charge in [-0.25, -0.2) is 4.98 Å². The molecule has 0 saturated heterocycles. The summed E-state index contributed by atoms with van der Waals surface area (Å²) in [5.41, 5.74) is 2.80. The molecule has 0 fully saturated rings. The van der Waals surface area contributed by atoms with Gasteiger partial charge in [-0.2, -0.15) is 0 Å². The average Bonchev–Trinajstić information content (AvgIpc) is 3.18. The molecule has 1 atom stereocenters. The highest BCUT2D eigenvalue weighted by Gasteiger charge is 2.16. The van der Waals surface area contributed by atoms with E-state index in [9.17, 15) is 4.79 Å². The number of oxazole rings is 1. The highest BCUT2D eigenvalue weighted by molar-refractivity contribution is 5.86. The fourth-order valence-electron chi connectivity index (χ4n) is 3.54. The number of nitrogens with zero attached hydrogens (tertiary/aromatic N) is 1. The van der Waals surface area contributed by atoms with E-state index >= 15 is 0 Å². The topological polar surface area (TPSA) is 61.6 Å². The van der Waals surface area contributed by atoms with Gasteiger partial charge in [0.2, 0.25) is 5.89 Å². The summed E-state index contributed by atoms with van der Waals surface area (Å²) >= 11 is 0. The number of hydrogen-bond donors (Lipinski definition) is 0. The lowest BCUT2D eigenvalue weighted by Crippen LogP contribution is -2.10. The predicted molar refractivity (Wildman–Crippen MR) is 120 cm³/mol. The molecule has 5 nitrogen and oxygen atoms in total. The fourth-order valence-corrected chi connectivity index (χ4v) is 3.54. The van der Waals surface area contributed by atoms with Crippen molar-refractivity contribution in [2.75, 3.05) is 13.7 Å². The van der Waals surface area contributed by atoms with Crippen LogP contribution in [0.2, 0.25) is 0 Å².